The lowest BCUT2D eigenvalue weighted by molar-refractivity contribution is -0.250. The minimum atomic E-state index is -5.90. The van der Waals surface area contributed by atoms with Crippen molar-refractivity contribution < 1.29 is 56.3 Å². The number of ether oxygens (including phenoxy) is 1. The lowest BCUT2D eigenvalue weighted by Crippen LogP contribution is -2.27. The van der Waals surface area contributed by atoms with E-state index in [1.54, 1.807) is 6.92 Å². The third-order valence-electron chi connectivity index (χ3n) is 2.21. The van der Waals surface area contributed by atoms with E-state index in [0.29, 0.717) is 0 Å². The van der Waals surface area contributed by atoms with Crippen LogP contribution in [-0.2, 0) is 31.6 Å². The minimum Gasteiger partial charge on any atom is -0.756 e. The highest BCUT2D eigenvalue weighted by Gasteiger charge is 2.33. The number of hydrogen-bond donors (Lipinski definition) is 2. The van der Waals surface area contributed by atoms with E-state index >= 15 is 0 Å². The molecule has 0 radical (unpaired) electrons. The fourth-order valence-electron chi connectivity index (χ4n) is 1.54. The Labute approximate surface area is 146 Å². The summed E-state index contributed by atoms with van der Waals surface area (Å²) in [4.78, 5) is 40.4. The molecule has 6 atom stereocenters. The van der Waals surface area contributed by atoms with Crippen molar-refractivity contribution in [3.05, 3.63) is 0 Å². The van der Waals surface area contributed by atoms with E-state index in [2.05, 4.69) is 13.1 Å². The average molecular weight is 429 g/mol. The summed E-state index contributed by atoms with van der Waals surface area (Å²) in [5.74, 6) is 0. The fraction of sp³-hybridized carbons (Fsp3) is 1.00. The van der Waals surface area contributed by atoms with Crippen molar-refractivity contribution in [2.45, 2.75) is 59.4 Å². The van der Waals surface area contributed by atoms with Gasteiger partial charge in [0.25, 0.3) is 23.5 Å². The molecule has 0 aromatic carbocycles. The van der Waals surface area contributed by atoms with Crippen LogP contribution in [0.1, 0.15) is 41.0 Å². The fourth-order valence-corrected chi connectivity index (χ4v) is 4.44. The molecule has 0 saturated carbocycles. The molecule has 1 rings (SSSR count). The number of hydrogen-bond acceptors (Lipinski definition) is 11. The Balaban J connectivity index is 0. The minimum absolute atomic E-state index is 0.227. The van der Waals surface area contributed by atoms with E-state index in [1.165, 1.54) is 0 Å². The van der Waals surface area contributed by atoms with Gasteiger partial charge in [0.05, 0.1) is 18.8 Å². The Kier molecular flexibility index (Phi) is 13.1. The smallest absolute Gasteiger partial charge is 0.280 e. The third kappa shape index (κ3) is 13.2. The summed E-state index contributed by atoms with van der Waals surface area (Å²) in [5.41, 5.74) is 0. The molecule has 154 valence electrons. The molecule has 25 heavy (non-hydrogen) atoms. The summed E-state index contributed by atoms with van der Waals surface area (Å²) in [6.07, 6.45) is -2.17. The van der Waals surface area contributed by atoms with Gasteiger partial charge in [0, 0.05) is 6.42 Å². The predicted octanol–water partition coefficient (Wildman–Crippen LogP) is 0.0244. The van der Waals surface area contributed by atoms with Crippen LogP contribution in [-0.4, -0.2) is 34.9 Å². The Morgan fingerprint density at radius 1 is 1.04 bits per heavy atom. The molecule has 1 aliphatic heterocycles. The summed E-state index contributed by atoms with van der Waals surface area (Å²) >= 11 is 0. The quantitative estimate of drug-likeness (QED) is 0.515. The second kappa shape index (κ2) is 11.9. The van der Waals surface area contributed by atoms with Crippen molar-refractivity contribution in [1.82, 2.24) is 0 Å². The maximum atomic E-state index is 11.2. The average Bonchev–Trinajstić information content (AvgIpc) is 2.75. The van der Waals surface area contributed by atoms with E-state index in [9.17, 15) is 33.5 Å². The molecule has 1 aliphatic rings. The Morgan fingerprint density at radius 2 is 1.52 bits per heavy atom. The summed E-state index contributed by atoms with van der Waals surface area (Å²) in [6.45, 7) is 8.86. The van der Waals surface area contributed by atoms with Gasteiger partial charge in [-0.25, -0.2) is 8.62 Å². The third-order valence-corrected chi connectivity index (χ3v) is 5.90. The van der Waals surface area contributed by atoms with E-state index in [0.717, 1.165) is 0 Å². The second-order valence-electron chi connectivity index (χ2n) is 4.11. The van der Waals surface area contributed by atoms with Crippen LogP contribution >= 0.6 is 23.5 Å². The number of phosphoric acid groups is 3. The topological polar surface area (TPSA) is 198 Å². The number of aliphatic hydroxyl groups excluding tert-OH is 1. The van der Waals surface area contributed by atoms with Gasteiger partial charge in [0.1, 0.15) is 6.10 Å². The molecule has 12 nitrogen and oxygen atoms in total. The monoisotopic (exact) mass is 429 g/mol. The van der Waals surface area contributed by atoms with Crippen molar-refractivity contribution >= 4 is 23.5 Å². The first-order valence-corrected chi connectivity index (χ1v) is 11.8. The highest BCUT2D eigenvalue weighted by atomic mass is 31.3. The van der Waals surface area contributed by atoms with Crippen LogP contribution in [0.25, 0.3) is 0 Å². The van der Waals surface area contributed by atoms with Gasteiger partial charge in [-0.05, 0) is 6.92 Å². The van der Waals surface area contributed by atoms with Crippen molar-refractivity contribution in [2.75, 3.05) is 6.61 Å². The van der Waals surface area contributed by atoms with Crippen LogP contribution in [0.2, 0.25) is 0 Å². The van der Waals surface area contributed by atoms with Crippen molar-refractivity contribution in [2.24, 2.45) is 0 Å². The Morgan fingerprint density at radius 3 is 1.88 bits per heavy atom. The molecule has 15 heteroatoms. The normalized spacial score (nSPS) is 29.8. The van der Waals surface area contributed by atoms with E-state index in [-0.39, 0.29) is 12.5 Å². The maximum absolute atomic E-state index is 11.2. The molecule has 2 N–H and O–H groups in total. The Bertz CT molecular complexity index is 505. The molecule has 0 aromatic heterocycles. The van der Waals surface area contributed by atoms with Crippen LogP contribution < -0.4 is 14.7 Å². The molecule has 1 saturated heterocycles. The van der Waals surface area contributed by atoms with Crippen molar-refractivity contribution in [3.63, 3.8) is 0 Å². The van der Waals surface area contributed by atoms with Crippen LogP contribution in [0, 0.1) is 0 Å². The molecule has 1 heterocycles. The lowest BCUT2D eigenvalue weighted by Gasteiger charge is -2.33. The number of aliphatic hydroxyl groups is 1. The highest BCUT2D eigenvalue weighted by molar-refractivity contribution is 7.65. The molecule has 0 spiro atoms. The van der Waals surface area contributed by atoms with Crippen LogP contribution in [0.15, 0.2) is 0 Å². The zero-order valence-corrected chi connectivity index (χ0v) is 17.1. The van der Waals surface area contributed by atoms with Crippen molar-refractivity contribution in [1.29, 1.82) is 0 Å². The first kappa shape index (κ1) is 27.5. The van der Waals surface area contributed by atoms with Crippen LogP contribution in [0.5, 0.6) is 0 Å². The lowest BCUT2D eigenvalue weighted by atomic mass is 10.1. The van der Waals surface area contributed by atoms with Gasteiger partial charge in [-0.2, -0.15) is 0 Å². The van der Waals surface area contributed by atoms with Gasteiger partial charge in [-0.15, -0.1) is 0 Å². The van der Waals surface area contributed by atoms with Gasteiger partial charge < -0.3 is 33.9 Å². The van der Waals surface area contributed by atoms with Gasteiger partial charge >= 0.3 is 0 Å². The molecule has 1 fully saturated rings. The predicted molar refractivity (Wildman–Crippen MR) is 80.8 cm³/mol. The molecular weight excluding hydrogens is 405 g/mol. The van der Waals surface area contributed by atoms with Crippen molar-refractivity contribution in [3.8, 4) is 0 Å². The number of phosphoric ester groups is 1. The van der Waals surface area contributed by atoms with Gasteiger partial charge in [0.15, 0.2) is 0 Å². The van der Waals surface area contributed by atoms with Crippen LogP contribution in [0.3, 0.4) is 0 Å². The SMILES string of the molecule is CC.CC.C[C@H]1C[C@@H](O)[C@@H](COP(=O)([O-])OP(=O)([O-])OP(=O)([O-])O)O1. The molecule has 0 aromatic rings. The largest absolute Gasteiger partial charge is 0.756 e. The zero-order valence-electron chi connectivity index (χ0n) is 14.5. The standard InChI is InChI=1S/C6H15O12P3.2C2H6/c1-4-2-5(7)6(16-4)3-15-20(11,12)18-21(13,14)17-19(8,9)10;2*1-2/h4-7H,2-3H2,1H3,(H,11,12)(H,13,14)(H2,8,9,10);2*1-2H3/p-3/t4-,5+,6+;;/m0../s1. The van der Waals surface area contributed by atoms with Gasteiger partial charge in [-0.3, -0.25) is 13.7 Å². The van der Waals surface area contributed by atoms with E-state index in [4.69, 9.17) is 9.63 Å². The summed E-state index contributed by atoms with van der Waals surface area (Å²) in [7, 11) is -17.2. The van der Waals surface area contributed by atoms with Gasteiger partial charge in [0.2, 0.25) is 0 Å². The second-order valence-corrected chi connectivity index (χ2v) is 8.40. The Hall–Kier alpha value is 0.330. The maximum Gasteiger partial charge on any atom is 0.280 e. The van der Waals surface area contributed by atoms with E-state index in [1.807, 2.05) is 27.7 Å². The number of rotatable bonds is 7. The first-order valence-electron chi connectivity index (χ1n) is 7.36. The molecule has 0 aliphatic carbocycles. The molecule has 0 bridgehead atoms. The van der Waals surface area contributed by atoms with Crippen LogP contribution in [0.4, 0.5) is 0 Å². The first-order chi connectivity index (χ1) is 11.3. The zero-order chi connectivity index (χ0) is 20.5. The molecule has 3 unspecified atom stereocenters. The van der Waals surface area contributed by atoms with E-state index < -0.39 is 42.3 Å². The highest BCUT2D eigenvalue weighted by Crippen LogP contribution is 2.61. The summed E-state index contributed by atoms with van der Waals surface area (Å²) in [5, 5.41) is 9.45. The summed E-state index contributed by atoms with van der Waals surface area (Å²) in [6, 6.07) is 0. The summed E-state index contributed by atoms with van der Waals surface area (Å²) < 4.78 is 48.0. The van der Waals surface area contributed by atoms with Gasteiger partial charge in [-0.1, -0.05) is 27.7 Å². The molecule has 0 amide bonds. The molecular formula is C10H24O12P3-3.